The molecule has 17 heavy (non-hydrogen) atoms. The first-order valence-corrected chi connectivity index (χ1v) is 7.36. The van der Waals surface area contributed by atoms with E-state index in [9.17, 15) is 0 Å². The van der Waals surface area contributed by atoms with Gasteiger partial charge in [0.15, 0.2) is 0 Å². The molecule has 1 unspecified atom stereocenters. The van der Waals surface area contributed by atoms with Crippen LogP contribution in [0.15, 0.2) is 12.1 Å². The fourth-order valence-corrected chi connectivity index (χ4v) is 3.48. The van der Waals surface area contributed by atoms with Crippen LogP contribution in [0.2, 0.25) is 0 Å². The van der Waals surface area contributed by atoms with Crippen LogP contribution in [-0.4, -0.2) is 19.3 Å². The molecular formula is C14H23NOS. The molecule has 2 rings (SSSR count). The molecule has 0 spiro atoms. The summed E-state index contributed by atoms with van der Waals surface area (Å²) in [7, 11) is 1.83. The molecule has 0 bridgehead atoms. The Hall–Kier alpha value is -0.380. The van der Waals surface area contributed by atoms with Gasteiger partial charge in [0, 0.05) is 28.9 Å². The highest BCUT2D eigenvalue weighted by atomic mass is 32.1. The Balaban J connectivity index is 1.81. The molecule has 1 aliphatic carbocycles. The van der Waals surface area contributed by atoms with Crippen molar-refractivity contribution < 1.29 is 4.74 Å². The molecule has 1 N–H and O–H groups in total. The van der Waals surface area contributed by atoms with Gasteiger partial charge in [-0.15, -0.1) is 11.3 Å². The fourth-order valence-electron chi connectivity index (χ4n) is 2.59. The van der Waals surface area contributed by atoms with Gasteiger partial charge < -0.3 is 10.1 Å². The topological polar surface area (TPSA) is 21.3 Å². The van der Waals surface area contributed by atoms with E-state index in [4.69, 9.17) is 4.74 Å². The van der Waals surface area contributed by atoms with Gasteiger partial charge in [-0.3, -0.25) is 0 Å². The Kier molecular flexibility index (Phi) is 4.60. The number of aryl methyl sites for hydroxylation is 1. The van der Waals surface area contributed by atoms with E-state index in [-0.39, 0.29) is 0 Å². The minimum atomic E-state index is 0.484. The van der Waals surface area contributed by atoms with Gasteiger partial charge in [0.05, 0.1) is 6.10 Å². The second kappa shape index (κ2) is 5.98. The van der Waals surface area contributed by atoms with E-state index in [0.717, 1.165) is 0 Å². The summed E-state index contributed by atoms with van der Waals surface area (Å²) in [6.45, 7) is 4.44. The van der Waals surface area contributed by atoms with Gasteiger partial charge in [-0.1, -0.05) is 0 Å². The van der Waals surface area contributed by atoms with Crippen molar-refractivity contribution in [2.75, 3.05) is 7.11 Å². The van der Waals surface area contributed by atoms with Crippen molar-refractivity contribution >= 4 is 11.3 Å². The highest BCUT2D eigenvalue weighted by Gasteiger charge is 2.22. The predicted molar refractivity (Wildman–Crippen MR) is 73.7 cm³/mol. The Morgan fingerprint density at radius 3 is 2.53 bits per heavy atom. The lowest BCUT2D eigenvalue weighted by atomic mass is 9.92. The first-order valence-electron chi connectivity index (χ1n) is 6.54. The highest BCUT2D eigenvalue weighted by molar-refractivity contribution is 7.12. The lowest BCUT2D eigenvalue weighted by Gasteiger charge is -2.30. The van der Waals surface area contributed by atoms with Gasteiger partial charge in [0.25, 0.3) is 0 Å². The van der Waals surface area contributed by atoms with Crippen LogP contribution in [0, 0.1) is 6.92 Å². The van der Waals surface area contributed by atoms with Gasteiger partial charge in [-0.05, 0) is 51.7 Å². The zero-order chi connectivity index (χ0) is 12.3. The number of nitrogens with one attached hydrogen (secondary N) is 1. The van der Waals surface area contributed by atoms with E-state index >= 15 is 0 Å². The number of thiophene rings is 1. The summed E-state index contributed by atoms with van der Waals surface area (Å²) in [4.78, 5) is 2.85. The van der Waals surface area contributed by atoms with Gasteiger partial charge >= 0.3 is 0 Å². The molecule has 0 saturated heterocycles. The van der Waals surface area contributed by atoms with Crippen LogP contribution < -0.4 is 5.32 Å². The molecule has 1 heterocycles. The van der Waals surface area contributed by atoms with E-state index in [0.29, 0.717) is 18.2 Å². The highest BCUT2D eigenvalue weighted by Crippen LogP contribution is 2.26. The fraction of sp³-hybridized carbons (Fsp3) is 0.714. The summed E-state index contributed by atoms with van der Waals surface area (Å²) in [6.07, 6.45) is 5.38. The molecule has 2 nitrogen and oxygen atoms in total. The molecule has 1 aromatic heterocycles. The molecule has 0 aromatic carbocycles. The number of rotatable bonds is 4. The van der Waals surface area contributed by atoms with E-state index in [2.05, 4.69) is 31.3 Å². The number of hydrogen-bond donors (Lipinski definition) is 1. The smallest absolute Gasteiger partial charge is 0.0572 e. The average molecular weight is 253 g/mol. The third-order valence-corrected chi connectivity index (χ3v) is 4.86. The zero-order valence-corrected chi connectivity index (χ0v) is 11.8. The van der Waals surface area contributed by atoms with Gasteiger partial charge in [-0.25, -0.2) is 0 Å². The maximum Gasteiger partial charge on any atom is 0.0572 e. The van der Waals surface area contributed by atoms with Crippen molar-refractivity contribution in [2.45, 2.75) is 57.7 Å². The van der Waals surface area contributed by atoms with E-state index in [1.165, 1.54) is 35.4 Å². The Morgan fingerprint density at radius 2 is 2.00 bits per heavy atom. The second-order valence-corrected chi connectivity index (χ2v) is 6.37. The molecule has 1 saturated carbocycles. The number of methoxy groups -OCH3 is 1. The summed E-state index contributed by atoms with van der Waals surface area (Å²) in [5.41, 5.74) is 0. The van der Waals surface area contributed by atoms with Crippen LogP contribution in [0.3, 0.4) is 0 Å². The quantitative estimate of drug-likeness (QED) is 0.884. The Bertz CT molecular complexity index is 342. The van der Waals surface area contributed by atoms with Crippen LogP contribution in [0.25, 0.3) is 0 Å². The minimum absolute atomic E-state index is 0.484. The van der Waals surface area contributed by atoms with Crippen LogP contribution in [0.4, 0.5) is 0 Å². The van der Waals surface area contributed by atoms with E-state index < -0.39 is 0 Å². The average Bonchev–Trinajstić information content (AvgIpc) is 2.77. The molecule has 1 fully saturated rings. The summed E-state index contributed by atoms with van der Waals surface area (Å²) in [5, 5.41) is 3.75. The minimum Gasteiger partial charge on any atom is -0.381 e. The maximum absolute atomic E-state index is 5.41. The predicted octanol–water partition coefficient (Wildman–Crippen LogP) is 3.66. The number of ether oxygens (including phenoxy) is 1. The SMILES string of the molecule is COC1CCC(NC(C)c2ccc(C)s2)CC1. The molecule has 0 amide bonds. The van der Waals surface area contributed by atoms with Crippen LogP contribution >= 0.6 is 11.3 Å². The van der Waals surface area contributed by atoms with Crippen molar-refractivity contribution in [3.8, 4) is 0 Å². The first kappa shape index (κ1) is 13.1. The molecule has 1 atom stereocenters. The first-order chi connectivity index (χ1) is 8.19. The summed E-state index contributed by atoms with van der Waals surface area (Å²) in [6, 6.07) is 5.61. The largest absolute Gasteiger partial charge is 0.381 e. The molecular weight excluding hydrogens is 230 g/mol. The Labute approximate surface area is 108 Å². The zero-order valence-electron chi connectivity index (χ0n) is 11.0. The van der Waals surface area contributed by atoms with Gasteiger partial charge in [0.1, 0.15) is 0 Å². The maximum atomic E-state index is 5.41. The van der Waals surface area contributed by atoms with E-state index in [1.807, 2.05) is 18.4 Å². The molecule has 1 aliphatic rings. The van der Waals surface area contributed by atoms with Gasteiger partial charge in [-0.2, -0.15) is 0 Å². The molecule has 0 aliphatic heterocycles. The van der Waals surface area contributed by atoms with Crippen molar-refractivity contribution in [1.82, 2.24) is 5.32 Å². The molecule has 3 heteroatoms. The summed E-state index contributed by atoms with van der Waals surface area (Å²) >= 11 is 1.90. The molecule has 96 valence electrons. The summed E-state index contributed by atoms with van der Waals surface area (Å²) in [5.74, 6) is 0. The van der Waals surface area contributed by atoms with Crippen molar-refractivity contribution in [1.29, 1.82) is 0 Å². The van der Waals surface area contributed by atoms with Crippen LogP contribution in [0.5, 0.6) is 0 Å². The standard InChI is InChI=1S/C14H23NOS/c1-10-4-9-14(17-10)11(2)15-12-5-7-13(16-3)8-6-12/h4,9,11-13,15H,5-8H2,1-3H3. The summed E-state index contributed by atoms with van der Waals surface area (Å²) < 4.78 is 5.41. The normalized spacial score (nSPS) is 27.0. The Morgan fingerprint density at radius 1 is 1.29 bits per heavy atom. The van der Waals surface area contributed by atoms with E-state index in [1.54, 1.807) is 0 Å². The third kappa shape index (κ3) is 3.54. The van der Waals surface area contributed by atoms with Crippen LogP contribution in [0.1, 0.15) is 48.4 Å². The van der Waals surface area contributed by atoms with Gasteiger partial charge in [0.2, 0.25) is 0 Å². The molecule has 0 radical (unpaired) electrons. The van der Waals surface area contributed by atoms with Crippen LogP contribution in [-0.2, 0) is 4.74 Å². The lowest BCUT2D eigenvalue weighted by molar-refractivity contribution is 0.0614. The second-order valence-electron chi connectivity index (χ2n) is 5.05. The molecule has 1 aromatic rings. The third-order valence-electron chi connectivity index (χ3n) is 3.68. The monoisotopic (exact) mass is 253 g/mol. The van der Waals surface area contributed by atoms with Crippen molar-refractivity contribution in [3.63, 3.8) is 0 Å². The van der Waals surface area contributed by atoms with Crippen molar-refractivity contribution in [3.05, 3.63) is 21.9 Å². The van der Waals surface area contributed by atoms with Crippen molar-refractivity contribution in [2.24, 2.45) is 0 Å². The lowest BCUT2D eigenvalue weighted by Crippen LogP contribution is -2.36. The number of hydrogen-bond acceptors (Lipinski definition) is 3.